The minimum Gasteiger partial charge on any atom is -0.381 e. The van der Waals surface area contributed by atoms with E-state index in [4.69, 9.17) is 4.74 Å². The lowest BCUT2D eigenvalue weighted by Crippen LogP contribution is -2.42. The van der Waals surface area contributed by atoms with Crippen molar-refractivity contribution in [3.63, 3.8) is 0 Å². The maximum atomic E-state index is 12.6. The van der Waals surface area contributed by atoms with Crippen LogP contribution in [-0.2, 0) is 16.0 Å². The van der Waals surface area contributed by atoms with Gasteiger partial charge in [-0.2, -0.15) is 0 Å². The zero-order valence-corrected chi connectivity index (χ0v) is 10.8. The number of hydrogen-bond donors (Lipinski definition) is 0. The van der Waals surface area contributed by atoms with Gasteiger partial charge >= 0.3 is 0 Å². The van der Waals surface area contributed by atoms with Gasteiger partial charge in [0.05, 0.1) is 12.5 Å². The maximum Gasteiger partial charge on any atom is 0.232 e. The molecule has 0 saturated carbocycles. The molecule has 1 amide bonds. The fraction of sp³-hybridized carbons (Fsp3) is 0.533. The third kappa shape index (κ3) is 1.93. The molecule has 1 fully saturated rings. The van der Waals surface area contributed by atoms with Gasteiger partial charge in [-0.3, -0.25) is 4.79 Å². The molecule has 2 aliphatic rings. The number of para-hydroxylation sites is 1. The summed E-state index contributed by atoms with van der Waals surface area (Å²) in [6, 6.07) is 8.51. The van der Waals surface area contributed by atoms with Gasteiger partial charge in [-0.1, -0.05) is 18.2 Å². The van der Waals surface area contributed by atoms with Gasteiger partial charge in [-0.25, -0.2) is 0 Å². The van der Waals surface area contributed by atoms with Gasteiger partial charge in [-0.15, -0.1) is 0 Å². The highest BCUT2D eigenvalue weighted by Crippen LogP contribution is 2.33. The molecule has 1 aromatic carbocycles. The van der Waals surface area contributed by atoms with Crippen LogP contribution in [0.25, 0.3) is 0 Å². The van der Waals surface area contributed by atoms with Crippen LogP contribution in [0.1, 0.15) is 25.3 Å². The van der Waals surface area contributed by atoms with Crippen molar-refractivity contribution in [2.75, 3.05) is 18.1 Å². The second-order valence-corrected chi connectivity index (χ2v) is 5.30. The van der Waals surface area contributed by atoms with Crippen molar-refractivity contribution in [1.82, 2.24) is 0 Å². The zero-order valence-electron chi connectivity index (χ0n) is 10.8. The second-order valence-electron chi connectivity index (χ2n) is 5.30. The molecule has 2 heterocycles. The molecule has 1 saturated heterocycles. The molecule has 2 unspecified atom stereocenters. The Balaban J connectivity index is 1.85. The lowest BCUT2D eigenvalue weighted by Gasteiger charge is -2.29. The van der Waals surface area contributed by atoms with E-state index in [0.717, 1.165) is 31.6 Å². The summed E-state index contributed by atoms with van der Waals surface area (Å²) in [5.41, 5.74) is 2.38. The van der Waals surface area contributed by atoms with Crippen molar-refractivity contribution in [3.05, 3.63) is 29.8 Å². The van der Waals surface area contributed by atoms with Crippen LogP contribution in [0.4, 0.5) is 5.69 Å². The summed E-state index contributed by atoms with van der Waals surface area (Å²) in [5, 5.41) is 0. The minimum atomic E-state index is 0.0485. The maximum absolute atomic E-state index is 12.6. The summed E-state index contributed by atoms with van der Waals surface area (Å²) < 4.78 is 5.44. The number of benzene rings is 1. The van der Waals surface area contributed by atoms with Crippen molar-refractivity contribution in [1.29, 1.82) is 0 Å². The largest absolute Gasteiger partial charge is 0.381 e. The average Bonchev–Trinajstić information content (AvgIpc) is 2.75. The van der Waals surface area contributed by atoms with E-state index in [0.29, 0.717) is 6.61 Å². The molecule has 1 aromatic rings. The van der Waals surface area contributed by atoms with Crippen LogP contribution in [-0.4, -0.2) is 25.2 Å². The molecule has 18 heavy (non-hydrogen) atoms. The molecule has 0 radical (unpaired) electrons. The molecule has 2 atom stereocenters. The molecular formula is C15H19NO2. The first kappa shape index (κ1) is 11.7. The third-order valence-corrected chi connectivity index (χ3v) is 3.95. The quantitative estimate of drug-likeness (QED) is 0.760. The minimum absolute atomic E-state index is 0.0485. The van der Waals surface area contributed by atoms with Crippen LogP contribution >= 0.6 is 0 Å². The monoisotopic (exact) mass is 245 g/mol. The van der Waals surface area contributed by atoms with Gasteiger partial charge in [-0.05, 0) is 37.8 Å². The molecule has 0 N–H and O–H groups in total. The van der Waals surface area contributed by atoms with E-state index in [2.05, 4.69) is 19.1 Å². The van der Waals surface area contributed by atoms with Gasteiger partial charge in [0.15, 0.2) is 0 Å². The summed E-state index contributed by atoms with van der Waals surface area (Å²) in [6.07, 6.45) is 2.93. The number of amides is 1. The Bertz CT molecular complexity index is 452. The fourth-order valence-electron chi connectivity index (χ4n) is 3.03. The van der Waals surface area contributed by atoms with E-state index >= 15 is 0 Å². The zero-order chi connectivity index (χ0) is 12.5. The molecule has 0 spiro atoms. The first-order valence-corrected chi connectivity index (χ1v) is 6.76. The summed E-state index contributed by atoms with van der Waals surface area (Å²) in [6.45, 7) is 3.52. The van der Waals surface area contributed by atoms with Gasteiger partial charge in [0.25, 0.3) is 0 Å². The molecule has 0 aromatic heterocycles. The molecule has 0 aliphatic carbocycles. The van der Waals surface area contributed by atoms with Gasteiger partial charge in [0.1, 0.15) is 0 Å². The molecular weight excluding hydrogens is 226 g/mol. The standard InChI is InChI=1S/C15H19NO2/c1-11-9-12-5-2-3-7-14(12)16(11)15(17)13-6-4-8-18-10-13/h2-3,5,7,11,13H,4,6,8-10H2,1H3. The topological polar surface area (TPSA) is 29.5 Å². The Morgan fingerprint density at radius 2 is 2.22 bits per heavy atom. The van der Waals surface area contributed by atoms with Crippen LogP contribution in [0.3, 0.4) is 0 Å². The van der Waals surface area contributed by atoms with E-state index in [-0.39, 0.29) is 17.9 Å². The van der Waals surface area contributed by atoms with Crippen molar-refractivity contribution in [3.8, 4) is 0 Å². The van der Waals surface area contributed by atoms with Gasteiger partial charge in [0.2, 0.25) is 5.91 Å². The summed E-state index contributed by atoms with van der Waals surface area (Å²) in [7, 11) is 0. The second kappa shape index (κ2) is 4.73. The lowest BCUT2D eigenvalue weighted by molar-refractivity contribution is -0.126. The van der Waals surface area contributed by atoms with E-state index < -0.39 is 0 Å². The molecule has 3 nitrogen and oxygen atoms in total. The first-order valence-electron chi connectivity index (χ1n) is 6.76. The van der Waals surface area contributed by atoms with Crippen LogP contribution in [0, 0.1) is 5.92 Å². The predicted octanol–water partition coefficient (Wildman–Crippen LogP) is 2.39. The Morgan fingerprint density at radius 3 is 3.00 bits per heavy atom. The molecule has 3 rings (SSSR count). The molecule has 2 aliphatic heterocycles. The van der Waals surface area contributed by atoms with Crippen molar-refractivity contribution >= 4 is 11.6 Å². The fourth-order valence-corrected chi connectivity index (χ4v) is 3.03. The van der Waals surface area contributed by atoms with Crippen molar-refractivity contribution < 1.29 is 9.53 Å². The number of carbonyl (C=O) groups excluding carboxylic acids is 1. The molecule has 0 bridgehead atoms. The first-order chi connectivity index (χ1) is 8.77. The number of anilines is 1. The summed E-state index contributed by atoms with van der Waals surface area (Å²) >= 11 is 0. The summed E-state index contributed by atoms with van der Waals surface area (Å²) in [4.78, 5) is 14.6. The van der Waals surface area contributed by atoms with Gasteiger partial charge in [0, 0.05) is 18.3 Å². The predicted molar refractivity (Wildman–Crippen MR) is 70.6 cm³/mol. The van der Waals surface area contributed by atoms with Crippen LogP contribution < -0.4 is 4.90 Å². The Morgan fingerprint density at radius 1 is 1.39 bits per heavy atom. The Kier molecular flexibility index (Phi) is 3.08. The van der Waals surface area contributed by atoms with E-state index in [1.807, 2.05) is 17.0 Å². The lowest BCUT2D eigenvalue weighted by atomic mass is 10.00. The van der Waals surface area contributed by atoms with E-state index in [1.54, 1.807) is 0 Å². The highest BCUT2D eigenvalue weighted by atomic mass is 16.5. The number of fused-ring (bicyclic) bond motifs is 1. The molecule has 96 valence electrons. The number of carbonyl (C=O) groups is 1. The molecule has 3 heteroatoms. The normalized spacial score (nSPS) is 27.1. The highest BCUT2D eigenvalue weighted by molar-refractivity contribution is 5.97. The van der Waals surface area contributed by atoms with Crippen molar-refractivity contribution in [2.24, 2.45) is 5.92 Å². The number of nitrogens with zero attached hydrogens (tertiary/aromatic N) is 1. The number of hydrogen-bond acceptors (Lipinski definition) is 2. The third-order valence-electron chi connectivity index (χ3n) is 3.95. The highest BCUT2D eigenvalue weighted by Gasteiger charge is 2.35. The van der Waals surface area contributed by atoms with E-state index in [9.17, 15) is 4.79 Å². The summed E-state index contributed by atoms with van der Waals surface area (Å²) in [5.74, 6) is 0.291. The smallest absolute Gasteiger partial charge is 0.232 e. The van der Waals surface area contributed by atoms with Crippen LogP contribution in [0.5, 0.6) is 0 Å². The van der Waals surface area contributed by atoms with E-state index in [1.165, 1.54) is 5.56 Å². The van der Waals surface area contributed by atoms with Crippen molar-refractivity contribution in [2.45, 2.75) is 32.2 Å². The van der Waals surface area contributed by atoms with Gasteiger partial charge < -0.3 is 9.64 Å². The Hall–Kier alpha value is -1.35. The SMILES string of the molecule is CC1Cc2ccccc2N1C(=O)C1CCCOC1. The van der Waals surface area contributed by atoms with Crippen LogP contribution in [0.15, 0.2) is 24.3 Å². The average molecular weight is 245 g/mol. The number of rotatable bonds is 1. The number of ether oxygens (including phenoxy) is 1. The Labute approximate surface area is 108 Å². The van der Waals surface area contributed by atoms with Crippen LogP contribution in [0.2, 0.25) is 0 Å².